The van der Waals surface area contributed by atoms with E-state index in [1.165, 1.54) is 7.11 Å². The summed E-state index contributed by atoms with van der Waals surface area (Å²) in [7, 11) is 1.20. The van der Waals surface area contributed by atoms with E-state index in [1.54, 1.807) is 0 Å². The second-order valence-electron chi connectivity index (χ2n) is 3.84. The SMILES string of the molecule is COC(=O)OC1CC2(CCC1=O)OCCO2. The van der Waals surface area contributed by atoms with Gasteiger partial charge in [0.15, 0.2) is 17.7 Å². The molecule has 1 aliphatic carbocycles. The highest BCUT2D eigenvalue weighted by atomic mass is 16.7. The van der Waals surface area contributed by atoms with Crippen LogP contribution < -0.4 is 0 Å². The Hall–Kier alpha value is -1.14. The van der Waals surface area contributed by atoms with Crippen molar-refractivity contribution in [1.82, 2.24) is 0 Å². The van der Waals surface area contributed by atoms with Crippen molar-refractivity contribution in [3.8, 4) is 0 Å². The van der Waals surface area contributed by atoms with E-state index in [4.69, 9.17) is 14.2 Å². The summed E-state index contributed by atoms with van der Waals surface area (Å²) in [5, 5.41) is 0. The topological polar surface area (TPSA) is 71.1 Å². The minimum Gasteiger partial charge on any atom is -0.438 e. The molecule has 0 N–H and O–H groups in total. The van der Waals surface area contributed by atoms with Crippen LogP contribution in [0.5, 0.6) is 0 Å². The number of Topliss-reactive ketones (excluding diaryl/α,β-unsaturated/α-hetero) is 1. The van der Waals surface area contributed by atoms with Crippen LogP contribution in [0.2, 0.25) is 0 Å². The molecule has 1 saturated heterocycles. The third-order valence-electron chi connectivity index (χ3n) is 2.83. The quantitative estimate of drug-likeness (QED) is 0.615. The van der Waals surface area contributed by atoms with E-state index in [0.717, 1.165) is 0 Å². The maximum Gasteiger partial charge on any atom is 0.508 e. The fraction of sp³-hybridized carbons (Fsp3) is 0.800. The van der Waals surface area contributed by atoms with Crippen molar-refractivity contribution in [3.63, 3.8) is 0 Å². The van der Waals surface area contributed by atoms with Gasteiger partial charge in [-0.25, -0.2) is 4.79 Å². The molecule has 1 spiro atoms. The minimum absolute atomic E-state index is 0.116. The number of carbonyl (C=O) groups is 2. The van der Waals surface area contributed by atoms with Gasteiger partial charge in [-0.3, -0.25) is 4.79 Å². The molecule has 0 aromatic carbocycles. The second-order valence-corrected chi connectivity index (χ2v) is 3.84. The van der Waals surface area contributed by atoms with Crippen LogP contribution >= 0.6 is 0 Å². The van der Waals surface area contributed by atoms with Crippen molar-refractivity contribution in [2.45, 2.75) is 31.2 Å². The molecule has 0 aromatic heterocycles. The number of hydrogen-bond acceptors (Lipinski definition) is 6. The lowest BCUT2D eigenvalue weighted by molar-refractivity contribution is -0.197. The molecule has 1 atom stereocenters. The molecule has 2 aliphatic rings. The van der Waals surface area contributed by atoms with Gasteiger partial charge < -0.3 is 18.9 Å². The Morgan fingerprint density at radius 2 is 2.12 bits per heavy atom. The number of ketones is 1. The van der Waals surface area contributed by atoms with Crippen LogP contribution in [-0.2, 0) is 23.7 Å². The van der Waals surface area contributed by atoms with Gasteiger partial charge in [-0.2, -0.15) is 0 Å². The Morgan fingerprint density at radius 1 is 1.44 bits per heavy atom. The van der Waals surface area contributed by atoms with E-state index in [-0.39, 0.29) is 12.2 Å². The third kappa shape index (κ3) is 2.17. The Morgan fingerprint density at radius 3 is 2.75 bits per heavy atom. The van der Waals surface area contributed by atoms with Crippen LogP contribution in [0.4, 0.5) is 4.79 Å². The molecule has 16 heavy (non-hydrogen) atoms. The van der Waals surface area contributed by atoms with Crippen molar-refractivity contribution in [1.29, 1.82) is 0 Å². The summed E-state index contributed by atoms with van der Waals surface area (Å²) in [5.41, 5.74) is 0. The minimum atomic E-state index is -0.853. The number of methoxy groups -OCH3 is 1. The van der Waals surface area contributed by atoms with Crippen LogP contribution in [0.3, 0.4) is 0 Å². The standard InChI is InChI=1S/C10H14O6/c1-13-9(12)16-8-6-10(3-2-7(8)11)14-4-5-15-10/h8H,2-6H2,1H3. The van der Waals surface area contributed by atoms with E-state index >= 15 is 0 Å². The molecule has 1 saturated carbocycles. The van der Waals surface area contributed by atoms with Crippen molar-refractivity contribution in [2.75, 3.05) is 20.3 Å². The van der Waals surface area contributed by atoms with E-state index in [9.17, 15) is 9.59 Å². The highest BCUT2D eigenvalue weighted by Crippen LogP contribution is 2.35. The van der Waals surface area contributed by atoms with E-state index in [1.807, 2.05) is 0 Å². The molecule has 2 rings (SSSR count). The van der Waals surface area contributed by atoms with Gasteiger partial charge in [0.05, 0.1) is 20.3 Å². The molecule has 6 heteroatoms. The van der Waals surface area contributed by atoms with Gasteiger partial charge in [0.25, 0.3) is 0 Å². The largest absolute Gasteiger partial charge is 0.508 e. The molecule has 6 nitrogen and oxygen atoms in total. The zero-order valence-electron chi connectivity index (χ0n) is 9.06. The zero-order chi connectivity index (χ0) is 11.6. The predicted octanol–water partition coefficient (Wildman–Crippen LogP) is 0.634. The van der Waals surface area contributed by atoms with Crippen LogP contribution in [-0.4, -0.2) is 44.2 Å². The number of rotatable bonds is 1. The summed E-state index contributed by atoms with van der Waals surface area (Å²) in [4.78, 5) is 22.5. The van der Waals surface area contributed by atoms with Gasteiger partial charge in [-0.1, -0.05) is 0 Å². The monoisotopic (exact) mass is 230 g/mol. The summed E-state index contributed by atoms with van der Waals surface area (Å²) in [6.45, 7) is 1.03. The van der Waals surface area contributed by atoms with E-state index < -0.39 is 18.0 Å². The summed E-state index contributed by atoms with van der Waals surface area (Å²) in [5.74, 6) is -0.859. The summed E-state index contributed by atoms with van der Waals surface area (Å²) in [6, 6.07) is 0. The molecular formula is C10H14O6. The molecule has 0 bridgehead atoms. The lowest BCUT2D eigenvalue weighted by atomic mass is 9.90. The van der Waals surface area contributed by atoms with Gasteiger partial charge in [0, 0.05) is 19.3 Å². The van der Waals surface area contributed by atoms with Crippen LogP contribution in [0.15, 0.2) is 0 Å². The van der Waals surface area contributed by atoms with Crippen LogP contribution in [0.25, 0.3) is 0 Å². The maximum atomic E-state index is 11.5. The molecule has 0 aromatic rings. The molecule has 0 radical (unpaired) electrons. The second kappa shape index (κ2) is 4.39. The Kier molecular flexibility index (Phi) is 3.11. The molecule has 2 fully saturated rings. The first-order valence-electron chi connectivity index (χ1n) is 5.20. The number of hydrogen-bond donors (Lipinski definition) is 0. The van der Waals surface area contributed by atoms with Crippen LogP contribution in [0.1, 0.15) is 19.3 Å². The van der Waals surface area contributed by atoms with Gasteiger partial charge in [0.2, 0.25) is 0 Å². The van der Waals surface area contributed by atoms with Crippen molar-refractivity contribution >= 4 is 11.9 Å². The Labute approximate surface area is 92.8 Å². The summed E-state index contributed by atoms with van der Waals surface area (Å²) < 4.78 is 20.2. The van der Waals surface area contributed by atoms with Gasteiger partial charge in [0.1, 0.15) is 0 Å². The highest BCUT2D eigenvalue weighted by Gasteiger charge is 2.46. The zero-order valence-corrected chi connectivity index (χ0v) is 9.06. The summed E-state index contributed by atoms with van der Waals surface area (Å²) in [6.07, 6.45) is -0.608. The van der Waals surface area contributed by atoms with Crippen molar-refractivity contribution in [3.05, 3.63) is 0 Å². The molecule has 1 unspecified atom stereocenters. The Balaban J connectivity index is 2.00. The number of carbonyl (C=O) groups excluding carboxylic acids is 2. The van der Waals surface area contributed by atoms with Gasteiger partial charge >= 0.3 is 6.16 Å². The number of ether oxygens (including phenoxy) is 4. The average Bonchev–Trinajstić information content (AvgIpc) is 2.72. The molecule has 1 heterocycles. The fourth-order valence-corrected chi connectivity index (χ4v) is 2.00. The first kappa shape index (κ1) is 11.3. The molecule has 0 amide bonds. The highest BCUT2D eigenvalue weighted by molar-refractivity contribution is 5.85. The normalized spacial score (nSPS) is 28.1. The predicted molar refractivity (Wildman–Crippen MR) is 50.8 cm³/mol. The Bertz CT molecular complexity index is 294. The fourth-order valence-electron chi connectivity index (χ4n) is 2.00. The van der Waals surface area contributed by atoms with Crippen LogP contribution in [0, 0.1) is 0 Å². The lowest BCUT2D eigenvalue weighted by Gasteiger charge is -2.34. The van der Waals surface area contributed by atoms with Gasteiger partial charge in [-0.15, -0.1) is 0 Å². The average molecular weight is 230 g/mol. The smallest absolute Gasteiger partial charge is 0.438 e. The molecule has 1 aliphatic heterocycles. The first-order valence-corrected chi connectivity index (χ1v) is 5.20. The third-order valence-corrected chi connectivity index (χ3v) is 2.83. The molecule has 90 valence electrons. The van der Waals surface area contributed by atoms with E-state index in [0.29, 0.717) is 26.1 Å². The first-order chi connectivity index (χ1) is 7.65. The van der Waals surface area contributed by atoms with E-state index in [2.05, 4.69) is 4.74 Å². The lowest BCUT2D eigenvalue weighted by Crippen LogP contribution is -2.45. The van der Waals surface area contributed by atoms with Crippen molar-refractivity contribution < 1.29 is 28.5 Å². The maximum absolute atomic E-state index is 11.5. The van der Waals surface area contributed by atoms with Crippen molar-refractivity contribution in [2.24, 2.45) is 0 Å². The molecular weight excluding hydrogens is 216 g/mol. The summed E-state index contributed by atoms with van der Waals surface area (Å²) >= 11 is 0. The van der Waals surface area contributed by atoms with Gasteiger partial charge in [-0.05, 0) is 0 Å².